The lowest BCUT2D eigenvalue weighted by molar-refractivity contribution is -0.116. The van der Waals surface area contributed by atoms with E-state index in [9.17, 15) is 14.4 Å². The fourth-order valence-corrected chi connectivity index (χ4v) is 3.10. The zero-order chi connectivity index (χ0) is 20.8. The number of amides is 3. The summed E-state index contributed by atoms with van der Waals surface area (Å²) >= 11 is 0. The molecule has 8 heteroatoms. The third-order valence-electron chi connectivity index (χ3n) is 4.50. The van der Waals surface area contributed by atoms with Crippen LogP contribution in [0.1, 0.15) is 17.3 Å². The normalized spacial score (nSPS) is 13.4. The number of hydrogen-bond donors (Lipinski definition) is 1. The second-order valence-electron chi connectivity index (χ2n) is 6.37. The molecule has 0 radical (unpaired) electrons. The number of rotatable bonds is 7. The van der Waals surface area contributed by atoms with Gasteiger partial charge >= 0.3 is 12.0 Å². The van der Waals surface area contributed by atoms with Crippen LogP contribution in [-0.2, 0) is 9.53 Å². The molecule has 0 unspecified atom stereocenters. The van der Waals surface area contributed by atoms with Gasteiger partial charge in [-0.1, -0.05) is 12.1 Å². The summed E-state index contributed by atoms with van der Waals surface area (Å²) in [6.45, 7) is 3.28. The summed E-state index contributed by atoms with van der Waals surface area (Å²) in [6, 6.07) is 13.6. The van der Waals surface area contributed by atoms with Gasteiger partial charge in [-0.05, 0) is 43.3 Å². The van der Waals surface area contributed by atoms with Gasteiger partial charge in [0, 0.05) is 18.8 Å². The predicted octanol–water partition coefficient (Wildman–Crippen LogP) is 2.75. The first-order valence-electron chi connectivity index (χ1n) is 9.30. The zero-order valence-electron chi connectivity index (χ0n) is 16.4. The van der Waals surface area contributed by atoms with Gasteiger partial charge in [0.2, 0.25) is 5.91 Å². The molecule has 2 aromatic carbocycles. The van der Waals surface area contributed by atoms with E-state index >= 15 is 0 Å². The van der Waals surface area contributed by atoms with E-state index in [4.69, 9.17) is 9.47 Å². The first-order valence-corrected chi connectivity index (χ1v) is 9.30. The summed E-state index contributed by atoms with van der Waals surface area (Å²) in [5.74, 6) is -0.188. The van der Waals surface area contributed by atoms with Gasteiger partial charge in [0.15, 0.2) is 0 Å². The standard InChI is InChI=1S/C21H23N3O5/c1-3-29-16-10-8-15(9-11-16)24-13-12-23(21(24)27)14-19(25)22-18-7-5-4-6-17(18)20(26)28-2/h4-11H,3,12-14H2,1-2H3,(H,22,25). The monoisotopic (exact) mass is 397 g/mol. The predicted molar refractivity (Wildman–Crippen MR) is 108 cm³/mol. The molecular formula is C21H23N3O5. The molecule has 2 aromatic rings. The minimum Gasteiger partial charge on any atom is -0.494 e. The van der Waals surface area contributed by atoms with Crippen molar-refractivity contribution in [3.63, 3.8) is 0 Å². The Morgan fingerprint density at radius 1 is 1.07 bits per heavy atom. The Balaban J connectivity index is 1.62. The van der Waals surface area contributed by atoms with Gasteiger partial charge in [-0.15, -0.1) is 0 Å². The highest BCUT2D eigenvalue weighted by Gasteiger charge is 2.31. The Morgan fingerprint density at radius 2 is 1.79 bits per heavy atom. The number of methoxy groups -OCH3 is 1. The maximum atomic E-state index is 12.7. The van der Waals surface area contributed by atoms with Crippen LogP contribution in [0.2, 0.25) is 0 Å². The van der Waals surface area contributed by atoms with E-state index in [1.807, 2.05) is 31.2 Å². The Hall–Kier alpha value is -3.55. The van der Waals surface area contributed by atoms with Gasteiger partial charge in [-0.2, -0.15) is 0 Å². The molecule has 0 aromatic heterocycles. The number of carbonyl (C=O) groups is 3. The van der Waals surface area contributed by atoms with Crippen LogP contribution in [-0.4, -0.2) is 56.2 Å². The van der Waals surface area contributed by atoms with Crippen molar-refractivity contribution in [3.8, 4) is 5.75 Å². The van der Waals surface area contributed by atoms with E-state index in [1.165, 1.54) is 12.0 Å². The largest absolute Gasteiger partial charge is 0.494 e. The number of nitrogens with zero attached hydrogens (tertiary/aromatic N) is 2. The van der Waals surface area contributed by atoms with Crippen LogP contribution in [0, 0.1) is 0 Å². The lowest BCUT2D eigenvalue weighted by Crippen LogP contribution is -2.37. The molecule has 3 amide bonds. The number of nitrogens with one attached hydrogen (secondary N) is 1. The third kappa shape index (κ3) is 4.66. The number of anilines is 2. The van der Waals surface area contributed by atoms with Crippen LogP contribution >= 0.6 is 0 Å². The van der Waals surface area contributed by atoms with Crippen molar-refractivity contribution in [3.05, 3.63) is 54.1 Å². The Morgan fingerprint density at radius 3 is 2.48 bits per heavy atom. The molecule has 0 bridgehead atoms. The van der Waals surface area contributed by atoms with E-state index in [2.05, 4.69) is 5.32 Å². The quantitative estimate of drug-likeness (QED) is 0.726. The summed E-state index contributed by atoms with van der Waals surface area (Å²) in [5.41, 5.74) is 1.35. The van der Waals surface area contributed by atoms with Crippen molar-refractivity contribution >= 4 is 29.3 Å². The van der Waals surface area contributed by atoms with Crippen LogP contribution < -0.4 is 15.0 Å². The lowest BCUT2D eigenvalue weighted by Gasteiger charge is -2.19. The SMILES string of the molecule is CCOc1ccc(N2CCN(CC(=O)Nc3ccccc3C(=O)OC)C2=O)cc1. The molecule has 1 aliphatic rings. The molecule has 3 rings (SSSR count). The van der Waals surface area contributed by atoms with Gasteiger partial charge in [0.05, 0.1) is 25.0 Å². The van der Waals surface area contributed by atoms with Crippen LogP contribution in [0.3, 0.4) is 0 Å². The molecule has 1 aliphatic heterocycles. The molecule has 29 heavy (non-hydrogen) atoms. The van der Waals surface area contributed by atoms with Crippen molar-refractivity contribution < 1.29 is 23.9 Å². The first kappa shape index (κ1) is 20.2. The van der Waals surface area contributed by atoms with Gasteiger partial charge < -0.3 is 19.7 Å². The second kappa shape index (κ2) is 9.09. The van der Waals surface area contributed by atoms with Gasteiger partial charge in [-0.3, -0.25) is 9.69 Å². The lowest BCUT2D eigenvalue weighted by atomic mass is 10.2. The van der Waals surface area contributed by atoms with Crippen LogP contribution in [0.15, 0.2) is 48.5 Å². The molecule has 8 nitrogen and oxygen atoms in total. The number of esters is 1. The smallest absolute Gasteiger partial charge is 0.339 e. The van der Waals surface area contributed by atoms with Gasteiger partial charge in [0.25, 0.3) is 0 Å². The fourth-order valence-electron chi connectivity index (χ4n) is 3.10. The highest BCUT2D eigenvalue weighted by atomic mass is 16.5. The first-order chi connectivity index (χ1) is 14.0. The second-order valence-corrected chi connectivity index (χ2v) is 6.37. The van der Waals surface area contributed by atoms with Crippen molar-refractivity contribution in [2.45, 2.75) is 6.92 Å². The molecule has 1 heterocycles. The van der Waals surface area contributed by atoms with Gasteiger partial charge in [0.1, 0.15) is 12.3 Å². The van der Waals surface area contributed by atoms with E-state index < -0.39 is 5.97 Å². The third-order valence-corrected chi connectivity index (χ3v) is 4.50. The van der Waals surface area contributed by atoms with Crippen molar-refractivity contribution in [2.24, 2.45) is 0 Å². The fraction of sp³-hybridized carbons (Fsp3) is 0.286. The molecule has 1 N–H and O–H groups in total. The minimum atomic E-state index is -0.542. The summed E-state index contributed by atoms with van der Waals surface area (Å²) in [6.07, 6.45) is 0. The Kier molecular flexibility index (Phi) is 6.33. The maximum Gasteiger partial charge on any atom is 0.339 e. The topological polar surface area (TPSA) is 88.2 Å². The number of urea groups is 1. The Labute approximate surface area is 169 Å². The Bertz CT molecular complexity index is 897. The number of ether oxygens (including phenoxy) is 2. The van der Waals surface area contributed by atoms with E-state index in [0.29, 0.717) is 25.4 Å². The number of para-hydroxylation sites is 1. The number of benzene rings is 2. The molecule has 0 saturated carbocycles. The van der Waals surface area contributed by atoms with Crippen molar-refractivity contribution in [1.82, 2.24) is 4.90 Å². The molecule has 0 spiro atoms. The molecule has 1 saturated heterocycles. The van der Waals surface area contributed by atoms with Gasteiger partial charge in [-0.25, -0.2) is 9.59 Å². The maximum absolute atomic E-state index is 12.7. The highest BCUT2D eigenvalue weighted by molar-refractivity contribution is 6.03. The van der Waals surface area contributed by atoms with E-state index in [1.54, 1.807) is 29.2 Å². The zero-order valence-corrected chi connectivity index (χ0v) is 16.4. The highest BCUT2D eigenvalue weighted by Crippen LogP contribution is 2.23. The average Bonchev–Trinajstić information content (AvgIpc) is 3.08. The van der Waals surface area contributed by atoms with Crippen LogP contribution in [0.5, 0.6) is 5.75 Å². The molecule has 152 valence electrons. The molecule has 1 fully saturated rings. The summed E-state index contributed by atoms with van der Waals surface area (Å²) in [7, 11) is 1.28. The summed E-state index contributed by atoms with van der Waals surface area (Å²) in [4.78, 5) is 40.0. The number of carbonyl (C=O) groups excluding carboxylic acids is 3. The molecular weight excluding hydrogens is 374 g/mol. The molecule has 0 atom stereocenters. The summed E-state index contributed by atoms with van der Waals surface area (Å²) in [5, 5.41) is 2.68. The van der Waals surface area contributed by atoms with Crippen LogP contribution in [0.25, 0.3) is 0 Å². The van der Waals surface area contributed by atoms with Crippen molar-refractivity contribution in [1.29, 1.82) is 0 Å². The average molecular weight is 397 g/mol. The summed E-state index contributed by atoms with van der Waals surface area (Å²) < 4.78 is 10.1. The van der Waals surface area contributed by atoms with Crippen LogP contribution in [0.4, 0.5) is 16.2 Å². The van der Waals surface area contributed by atoms with Crippen molar-refractivity contribution in [2.75, 3.05) is 43.6 Å². The van der Waals surface area contributed by atoms with E-state index in [0.717, 1.165) is 11.4 Å². The minimum absolute atomic E-state index is 0.109. The van der Waals surface area contributed by atoms with E-state index in [-0.39, 0.29) is 24.0 Å². The molecule has 0 aliphatic carbocycles. The number of hydrogen-bond acceptors (Lipinski definition) is 5.